The van der Waals surface area contributed by atoms with E-state index < -0.39 is 5.60 Å². The van der Waals surface area contributed by atoms with E-state index in [0.717, 1.165) is 10.9 Å². The fraction of sp³-hybridized carbons (Fsp3) is 0.385. The summed E-state index contributed by atoms with van der Waals surface area (Å²) in [5, 5.41) is 16.9. The Hall–Kier alpha value is -0.610. The number of fused-ring (bicyclic) bond motifs is 1. The summed E-state index contributed by atoms with van der Waals surface area (Å²) in [6.07, 6.45) is 0. The van der Waals surface area contributed by atoms with Crippen molar-refractivity contribution in [3.8, 4) is 0 Å². The number of rotatable bonds is 4. The van der Waals surface area contributed by atoms with Crippen molar-refractivity contribution in [3.63, 3.8) is 0 Å². The molecule has 0 fully saturated rings. The molecule has 0 aliphatic carbocycles. The molecule has 1 aromatic heterocycles. The van der Waals surface area contributed by atoms with Crippen LogP contribution in [0.25, 0.3) is 10.1 Å². The van der Waals surface area contributed by atoms with Crippen LogP contribution in [0.3, 0.4) is 0 Å². The molecule has 1 heterocycles. The van der Waals surface area contributed by atoms with Crippen LogP contribution in [-0.2, 0) is 5.60 Å². The summed E-state index contributed by atoms with van der Waals surface area (Å²) in [6.45, 7) is 1.93. The van der Waals surface area contributed by atoms with Crippen LogP contribution in [0, 0.1) is 0 Å². The van der Waals surface area contributed by atoms with Gasteiger partial charge in [0, 0.05) is 10.7 Å². The Bertz CT molecular complexity index is 513. The van der Waals surface area contributed by atoms with Gasteiger partial charge in [-0.05, 0) is 48.5 Å². The Labute approximate surface area is 110 Å². The molecule has 0 radical (unpaired) electrons. The van der Waals surface area contributed by atoms with E-state index in [-0.39, 0.29) is 11.9 Å². The smallest absolute Gasteiger partial charge is 0.118 e. The molecule has 0 bridgehead atoms. The Morgan fingerprint density at radius 1 is 1.47 bits per heavy atom. The number of alkyl halides is 1. The van der Waals surface area contributed by atoms with Crippen LogP contribution < -0.4 is 5.32 Å². The molecule has 2 N–H and O–H groups in total. The minimum Gasteiger partial charge on any atom is -0.382 e. The lowest BCUT2D eigenvalue weighted by Crippen LogP contribution is -2.46. The summed E-state index contributed by atoms with van der Waals surface area (Å²) >= 11 is 7.65. The maximum absolute atomic E-state index is 10.7. The van der Waals surface area contributed by atoms with Crippen molar-refractivity contribution >= 4 is 33.0 Å². The first kappa shape index (κ1) is 12.8. The zero-order valence-corrected chi connectivity index (χ0v) is 11.5. The van der Waals surface area contributed by atoms with Gasteiger partial charge < -0.3 is 10.4 Å². The minimum absolute atomic E-state index is 0.101. The van der Waals surface area contributed by atoms with Crippen LogP contribution in [0.15, 0.2) is 29.6 Å². The summed E-state index contributed by atoms with van der Waals surface area (Å²) in [4.78, 5) is 0. The SMILES string of the molecule is CNC(C)C(O)(CCl)c1ccc2sccc2c1. The molecule has 92 valence electrons. The first-order valence-electron chi connectivity index (χ1n) is 5.55. The quantitative estimate of drug-likeness (QED) is 0.837. The lowest BCUT2D eigenvalue weighted by Gasteiger charge is -2.32. The van der Waals surface area contributed by atoms with Crippen LogP contribution >= 0.6 is 22.9 Å². The summed E-state index contributed by atoms with van der Waals surface area (Å²) < 4.78 is 1.22. The van der Waals surface area contributed by atoms with Gasteiger partial charge in [0.25, 0.3) is 0 Å². The Morgan fingerprint density at radius 3 is 2.88 bits per heavy atom. The van der Waals surface area contributed by atoms with Gasteiger partial charge in [0.2, 0.25) is 0 Å². The molecule has 2 aromatic rings. The van der Waals surface area contributed by atoms with Crippen LogP contribution in [0.4, 0.5) is 0 Å². The van der Waals surface area contributed by atoms with E-state index in [0.29, 0.717) is 0 Å². The van der Waals surface area contributed by atoms with Crippen molar-refractivity contribution in [2.75, 3.05) is 12.9 Å². The van der Waals surface area contributed by atoms with Crippen LogP contribution in [-0.4, -0.2) is 24.1 Å². The molecule has 1 aromatic carbocycles. The average Bonchev–Trinajstić information content (AvgIpc) is 2.83. The molecule has 2 atom stereocenters. The van der Waals surface area contributed by atoms with E-state index >= 15 is 0 Å². The Morgan fingerprint density at radius 2 is 2.24 bits per heavy atom. The molecule has 2 nitrogen and oxygen atoms in total. The third kappa shape index (κ3) is 2.20. The van der Waals surface area contributed by atoms with Crippen molar-refractivity contribution in [1.29, 1.82) is 0 Å². The number of aliphatic hydroxyl groups is 1. The highest BCUT2D eigenvalue weighted by atomic mass is 35.5. The zero-order valence-electron chi connectivity index (χ0n) is 9.90. The highest BCUT2D eigenvalue weighted by Crippen LogP contribution is 2.31. The molecular formula is C13H16ClNOS. The number of benzene rings is 1. The van der Waals surface area contributed by atoms with Crippen molar-refractivity contribution in [3.05, 3.63) is 35.2 Å². The molecule has 0 amide bonds. The van der Waals surface area contributed by atoms with Crippen molar-refractivity contribution < 1.29 is 5.11 Å². The number of hydrogen-bond donors (Lipinski definition) is 2. The summed E-state index contributed by atoms with van der Waals surface area (Å²) in [7, 11) is 1.82. The zero-order chi connectivity index (χ0) is 12.5. The molecule has 2 unspecified atom stereocenters. The van der Waals surface area contributed by atoms with E-state index in [4.69, 9.17) is 11.6 Å². The second-order valence-corrected chi connectivity index (χ2v) is 5.46. The van der Waals surface area contributed by atoms with Gasteiger partial charge in [-0.15, -0.1) is 22.9 Å². The van der Waals surface area contributed by atoms with Crippen molar-refractivity contribution in [1.82, 2.24) is 5.32 Å². The summed E-state index contributed by atoms with van der Waals surface area (Å²) in [5.41, 5.74) is -0.174. The highest BCUT2D eigenvalue weighted by Gasteiger charge is 2.34. The molecule has 2 rings (SSSR count). The molecule has 0 spiro atoms. The van der Waals surface area contributed by atoms with Crippen LogP contribution in [0.1, 0.15) is 12.5 Å². The second kappa shape index (κ2) is 4.94. The van der Waals surface area contributed by atoms with E-state index in [1.807, 2.05) is 32.2 Å². The topological polar surface area (TPSA) is 32.3 Å². The largest absolute Gasteiger partial charge is 0.382 e. The van der Waals surface area contributed by atoms with Crippen LogP contribution in [0.5, 0.6) is 0 Å². The summed E-state index contributed by atoms with van der Waals surface area (Å²) in [6, 6.07) is 7.96. The summed E-state index contributed by atoms with van der Waals surface area (Å²) in [5.74, 6) is 0.171. The van der Waals surface area contributed by atoms with Gasteiger partial charge in [0.15, 0.2) is 0 Å². The normalized spacial score (nSPS) is 16.9. The van der Waals surface area contributed by atoms with Gasteiger partial charge >= 0.3 is 0 Å². The molecule has 4 heteroatoms. The monoisotopic (exact) mass is 269 g/mol. The molecule has 0 aliphatic rings. The molecule has 17 heavy (non-hydrogen) atoms. The molecule has 0 saturated heterocycles. The fourth-order valence-electron chi connectivity index (χ4n) is 1.92. The first-order valence-corrected chi connectivity index (χ1v) is 6.96. The minimum atomic E-state index is -1.04. The highest BCUT2D eigenvalue weighted by molar-refractivity contribution is 7.17. The molecule has 0 aliphatic heterocycles. The average molecular weight is 270 g/mol. The number of hydrogen-bond acceptors (Lipinski definition) is 3. The number of nitrogens with one attached hydrogen (secondary N) is 1. The molecular weight excluding hydrogens is 254 g/mol. The standard InChI is InChI=1S/C13H16ClNOS/c1-9(15-2)13(16,8-14)11-3-4-12-10(7-11)5-6-17-12/h3-7,9,15-16H,8H2,1-2H3. The van der Waals surface area contributed by atoms with E-state index in [1.54, 1.807) is 11.3 Å². The maximum atomic E-state index is 10.7. The first-order chi connectivity index (χ1) is 8.11. The lowest BCUT2D eigenvalue weighted by atomic mass is 9.88. The van der Waals surface area contributed by atoms with Gasteiger partial charge in [-0.2, -0.15) is 0 Å². The van der Waals surface area contributed by atoms with Crippen molar-refractivity contribution in [2.45, 2.75) is 18.6 Å². The molecule has 0 saturated carbocycles. The Balaban J connectivity index is 2.48. The fourth-order valence-corrected chi connectivity index (χ4v) is 3.07. The van der Waals surface area contributed by atoms with Gasteiger partial charge in [-0.3, -0.25) is 0 Å². The van der Waals surface area contributed by atoms with Gasteiger partial charge in [0.05, 0.1) is 5.88 Å². The van der Waals surface area contributed by atoms with E-state index in [9.17, 15) is 5.11 Å². The van der Waals surface area contributed by atoms with Crippen LogP contribution in [0.2, 0.25) is 0 Å². The van der Waals surface area contributed by atoms with Gasteiger partial charge in [0.1, 0.15) is 5.60 Å². The van der Waals surface area contributed by atoms with Gasteiger partial charge in [-0.1, -0.05) is 6.07 Å². The lowest BCUT2D eigenvalue weighted by molar-refractivity contribution is 0.0280. The predicted molar refractivity (Wildman–Crippen MR) is 75.0 cm³/mol. The number of thiophene rings is 1. The third-order valence-corrected chi connectivity index (χ3v) is 4.61. The van der Waals surface area contributed by atoms with Crippen molar-refractivity contribution in [2.24, 2.45) is 0 Å². The maximum Gasteiger partial charge on any atom is 0.118 e. The second-order valence-electron chi connectivity index (χ2n) is 4.24. The Kier molecular flexibility index (Phi) is 3.73. The third-order valence-electron chi connectivity index (χ3n) is 3.31. The van der Waals surface area contributed by atoms with E-state index in [1.165, 1.54) is 4.70 Å². The predicted octanol–water partition coefficient (Wildman–Crippen LogP) is 2.94. The number of likely N-dealkylation sites (N-methyl/N-ethyl adjacent to an activating group) is 1. The van der Waals surface area contributed by atoms with Gasteiger partial charge in [-0.25, -0.2) is 0 Å². The number of halogens is 1. The van der Waals surface area contributed by atoms with E-state index in [2.05, 4.69) is 16.8 Å².